The van der Waals surface area contributed by atoms with Gasteiger partial charge in [0.05, 0.1) is 21.2 Å². The standard InChI is InChI=1S/C10H9Cl2N3/c1-5-4-8(15-13)6-2-3-7(11)9(12)10(6)14-5/h2-4H,13H2,1H3,(H,14,15). The Kier molecular flexibility index (Phi) is 2.69. The van der Waals surface area contributed by atoms with E-state index < -0.39 is 0 Å². The van der Waals surface area contributed by atoms with Crippen LogP contribution in [0.5, 0.6) is 0 Å². The molecule has 78 valence electrons. The van der Waals surface area contributed by atoms with Gasteiger partial charge in [-0.05, 0) is 25.1 Å². The van der Waals surface area contributed by atoms with Gasteiger partial charge in [0.25, 0.3) is 0 Å². The van der Waals surface area contributed by atoms with Gasteiger partial charge in [0, 0.05) is 11.1 Å². The van der Waals surface area contributed by atoms with Crippen molar-refractivity contribution in [3.05, 3.63) is 33.9 Å². The maximum absolute atomic E-state index is 6.06. The molecule has 0 spiro atoms. The lowest BCUT2D eigenvalue weighted by Gasteiger charge is -2.08. The van der Waals surface area contributed by atoms with Crippen molar-refractivity contribution in [1.29, 1.82) is 0 Å². The fourth-order valence-electron chi connectivity index (χ4n) is 1.48. The molecule has 0 unspecified atom stereocenters. The van der Waals surface area contributed by atoms with E-state index in [-0.39, 0.29) is 0 Å². The summed E-state index contributed by atoms with van der Waals surface area (Å²) < 4.78 is 0. The molecule has 0 amide bonds. The van der Waals surface area contributed by atoms with Gasteiger partial charge in [-0.3, -0.25) is 10.8 Å². The molecule has 0 aliphatic carbocycles. The number of anilines is 1. The predicted molar refractivity (Wildman–Crippen MR) is 64.3 cm³/mol. The Labute approximate surface area is 97.2 Å². The number of hydrogen-bond donors (Lipinski definition) is 2. The van der Waals surface area contributed by atoms with Crippen molar-refractivity contribution in [2.45, 2.75) is 6.92 Å². The summed E-state index contributed by atoms with van der Waals surface area (Å²) in [5.74, 6) is 5.42. The third kappa shape index (κ3) is 1.74. The molecule has 0 aliphatic heterocycles. The first-order chi connectivity index (χ1) is 7.13. The van der Waals surface area contributed by atoms with Gasteiger partial charge in [-0.1, -0.05) is 23.2 Å². The van der Waals surface area contributed by atoms with E-state index in [9.17, 15) is 0 Å². The van der Waals surface area contributed by atoms with Crippen molar-refractivity contribution in [3.63, 3.8) is 0 Å². The molecule has 0 radical (unpaired) electrons. The molecule has 15 heavy (non-hydrogen) atoms. The topological polar surface area (TPSA) is 50.9 Å². The van der Waals surface area contributed by atoms with Crippen LogP contribution in [0.2, 0.25) is 10.0 Å². The number of pyridine rings is 1. The molecule has 0 bridgehead atoms. The van der Waals surface area contributed by atoms with Gasteiger partial charge in [0.1, 0.15) is 0 Å². The summed E-state index contributed by atoms with van der Waals surface area (Å²) in [6.45, 7) is 1.87. The fourth-order valence-corrected chi connectivity index (χ4v) is 1.84. The first-order valence-electron chi connectivity index (χ1n) is 4.35. The van der Waals surface area contributed by atoms with E-state index in [0.29, 0.717) is 15.6 Å². The second-order valence-electron chi connectivity index (χ2n) is 3.21. The molecule has 0 saturated carbocycles. The van der Waals surface area contributed by atoms with E-state index in [2.05, 4.69) is 10.4 Å². The predicted octanol–water partition coefficient (Wildman–Crippen LogP) is 3.14. The summed E-state index contributed by atoms with van der Waals surface area (Å²) in [6, 6.07) is 5.42. The van der Waals surface area contributed by atoms with E-state index in [0.717, 1.165) is 16.8 Å². The summed E-state index contributed by atoms with van der Waals surface area (Å²) in [7, 11) is 0. The highest BCUT2D eigenvalue weighted by atomic mass is 35.5. The molecule has 3 nitrogen and oxygen atoms in total. The number of nitrogens with zero attached hydrogens (tertiary/aromatic N) is 1. The van der Waals surface area contributed by atoms with Crippen LogP contribution in [0.3, 0.4) is 0 Å². The van der Waals surface area contributed by atoms with Gasteiger partial charge < -0.3 is 5.43 Å². The van der Waals surface area contributed by atoms with Crippen LogP contribution in [-0.4, -0.2) is 4.98 Å². The number of aryl methyl sites for hydroxylation is 1. The molecule has 0 saturated heterocycles. The van der Waals surface area contributed by atoms with Crippen LogP contribution in [0.1, 0.15) is 5.69 Å². The molecule has 0 atom stereocenters. The molecule has 1 heterocycles. The summed E-state index contributed by atoms with van der Waals surface area (Å²) in [6.07, 6.45) is 0. The summed E-state index contributed by atoms with van der Waals surface area (Å²) in [5, 5.41) is 1.80. The van der Waals surface area contributed by atoms with Gasteiger partial charge in [0.2, 0.25) is 0 Å². The van der Waals surface area contributed by atoms with E-state index >= 15 is 0 Å². The molecule has 2 aromatic rings. The molecule has 3 N–H and O–H groups in total. The van der Waals surface area contributed by atoms with Gasteiger partial charge in [0.15, 0.2) is 0 Å². The largest absolute Gasteiger partial charge is 0.323 e. The van der Waals surface area contributed by atoms with Crippen molar-refractivity contribution >= 4 is 39.8 Å². The van der Waals surface area contributed by atoms with Crippen molar-refractivity contribution < 1.29 is 0 Å². The number of hydrazine groups is 1. The Hall–Kier alpha value is -1.03. The molecular weight excluding hydrogens is 233 g/mol. The van der Waals surface area contributed by atoms with Gasteiger partial charge >= 0.3 is 0 Å². The number of nitrogens with one attached hydrogen (secondary N) is 1. The molecule has 5 heteroatoms. The van der Waals surface area contributed by atoms with Gasteiger partial charge in [-0.2, -0.15) is 0 Å². The summed E-state index contributed by atoms with van der Waals surface area (Å²) in [4.78, 5) is 4.33. The van der Waals surface area contributed by atoms with Crippen molar-refractivity contribution in [2.24, 2.45) is 5.84 Å². The molecule has 0 fully saturated rings. The van der Waals surface area contributed by atoms with E-state index in [4.69, 9.17) is 29.0 Å². The van der Waals surface area contributed by atoms with Gasteiger partial charge in [-0.25, -0.2) is 0 Å². The maximum Gasteiger partial charge on any atom is 0.0927 e. The second kappa shape index (κ2) is 3.85. The van der Waals surface area contributed by atoms with Crippen LogP contribution >= 0.6 is 23.2 Å². The zero-order chi connectivity index (χ0) is 11.0. The summed E-state index contributed by atoms with van der Waals surface area (Å²) in [5.41, 5.74) is 4.90. The number of hydrogen-bond acceptors (Lipinski definition) is 3. The third-order valence-electron chi connectivity index (χ3n) is 2.16. The number of nitrogen functional groups attached to an aromatic ring is 1. The number of nitrogens with two attached hydrogens (primary N) is 1. The highest BCUT2D eigenvalue weighted by Crippen LogP contribution is 2.33. The first-order valence-corrected chi connectivity index (χ1v) is 5.11. The minimum Gasteiger partial charge on any atom is -0.323 e. The number of halogens is 2. The number of aromatic nitrogens is 1. The fraction of sp³-hybridized carbons (Fsp3) is 0.100. The molecule has 1 aromatic carbocycles. The maximum atomic E-state index is 6.06. The third-order valence-corrected chi connectivity index (χ3v) is 2.95. The number of benzene rings is 1. The lowest BCUT2D eigenvalue weighted by atomic mass is 10.1. The molecular formula is C10H9Cl2N3. The molecule has 1 aromatic heterocycles. The Morgan fingerprint density at radius 2 is 2.07 bits per heavy atom. The van der Waals surface area contributed by atoms with Crippen LogP contribution in [0.4, 0.5) is 5.69 Å². The Morgan fingerprint density at radius 1 is 1.33 bits per heavy atom. The van der Waals surface area contributed by atoms with Crippen LogP contribution in [-0.2, 0) is 0 Å². The quantitative estimate of drug-likeness (QED) is 0.596. The highest BCUT2D eigenvalue weighted by molar-refractivity contribution is 6.45. The molecule has 0 aliphatic rings. The van der Waals surface area contributed by atoms with Crippen molar-refractivity contribution in [1.82, 2.24) is 4.98 Å². The second-order valence-corrected chi connectivity index (χ2v) is 4.00. The zero-order valence-electron chi connectivity index (χ0n) is 8.01. The zero-order valence-corrected chi connectivity index (χ0v) is 9.52. The van der Waals surface area contributed by atoms with Crippen LogP contribution in [0, 0.1) is 6.92 Å². The average Bonchev–Trinajstić information content (AvgIpc) is 2.23. The minimum atomic E-state index is 0.453. The Bertz CT molecular complexity index is 526. The smallest absolute Gasteiger partial charge is 0.0927 e. The normalized spacial score (nSPS) is 10.7. The number of rotatable bonds is 1. The van der Waals surface area contributed by atoms with Crippen LogP contribution in [0.25, 0.3) is 10.9 Å². The first kappa shape index (κ1) is 10.5. The van der Waals surface area contributed by atoms with E-state index in [1.807, 2.05) is 19.1 Å². The lowest BCUT2D eigenvalue weighted by Crippen LogP contribution is -2.08. The van der Waals surface area contributed by atoms with E-state index in [1.165, 1.54) is 0 Å². The number of fused-ring (bicyclic) bond motifs is 1. The van der Waals surface area contributed by atoms with Crippen LogP contribution < -0.4 is 11.3 Å². The summed E-state index contributed by atoms with van der Waals surface area (Å²) >= 11 is 12.0. The van der Waals surface area contributed by atoms with Crippen molar-refractivity contribution in [3.8, 4) is 0 Å². The lowest BCUT2D eigenvalue weighted by molar-refractivity contribution is 1.24. The monoisotopic (exact) mass is 241 g/mol. The Balaban J connectivity index is 2.89. The minimum absolute atomic E-state index is 0.453. The SMILES string of the molecule is Cc1cc(NN)c2ccc(Cl)c(Cl)c2n1. The van der Waals surface area contributed by atoms with Crippen molar-refractivity contribution in [2.75, 3.05) is 5.43 Å². The molecule has 2 rings (SSSR count). The Morgan fingerprint density at radius 3 is 2.73 bits per heavy atom. The van der Waals surface area contributed by atoms with Gasteiger partial charge in [-0.15, -0.1) is 0 Å². The highest BCUT2D eigenvalue weighted by Gasteiger charge is 2.09. The average molecular weight is 242 g/mol. The van der Waals surface area contributed by atoms with E-state index in [1.54, 1.807) is 6.07 Å². The van der Waals surface area contributed by atoms with Crippen LogP contribution in [0.15, 0.2) is 18.2 Å².